The first-order valence-corrected chi connectivity index (χ1v) is 5.50. The Morgan fingerprint density at radius 2 is 2.14 bits per heavy atom. The van der Waals surface area contributed by atoms with Gasteiger partial charge in [-0.15, -0.1) is 0 Å². The van der Waals surface area contributed by atoms with Crippen LogP contribution in [0.2, 0.25) is 0 Å². The molecule has 0 saturated carbocycles. The van der Waals surface area contributed by atoms with E-state index in [1.165, 1.54) is 32.8 Å². The highest BCUT2D eigenvalue weighted by Gasteiger charge is 2.03. The minimum Gasteiger partial charge on any atom is -0.469 e. The van der Waals surface area contributed by atoms with Crippen molar-refractivity contribution in [3.8, 4) is 0 Å². The SMILES string of the molecule is CCCCCC(C)NCCC(=O)OC. The molecule has 0 bridgehead atoms. The summed E-state index contributed by atoms with van der Waals surface area (Å²) in [5.41, 5.74) is 0. The fourth-order valence-electron chi connectivity index (χ4n) is 1.33. The van der Waals surface area contributed by atoms with Crippen LogP contribution in [-0.4, -0.2) is 25.7 Å². The molecule has 0 aliphatic carbocycles. The van der Waals surface area contributed by atoms with Gasteiger partial charge in [0.05, 0.1) is 13.5 Å². The summed E-state index contributed by atoms with van der Waals surface area (Å²) in [6, 6.07) is 0.506. The lowest BCUT2D eigenvalue weighted by Crippen LogP contribution is -2.28. The summed E-state index contributed by atoms with van der Waals surface area (Å²) >= 11 is 0. The summed E-state index contributed by atoms with van der Waals surface area (Å²) in [7, 11) is 1.42. The Kier molecular flexibility index (Phi) is 8.64. The van der Waals surface area contributed by atoms with Crippen LogP contribution in [0.25, 0.3) is 0 Å². The topological polar surface area (TPSA) is 38.3 Å². The zero-order valence-electron chi connectivity index (χ0n) is 9.64. The molecule has 0 aliphatic heterocycles. The van der Waals surface area contributed by atoms with Gasteiger partial charge in [-0.2, -0.15) is 0 Å². The number of methoxy groups -OCH3 is 1. The molecule has 0 fully saturated rings. The molecule has 0 aromatic carbocycles. The molecule has 1 N–H and O–H groups in total. The van der Waals surface area contributed by atoms with Crippen LogP contribution in [0.3, 0.4) is 0 Å². The fraction of sp³-hybridized carbons (Fsp3) is 0.909. The number of rotatable bonds is 8. The predicted octanol–water partition coefficient (Wildman–Crippen LogP) is 2.11. The van der Waals surface area contributed by atoms with Gasteiger partial charge in [0.25, 0.3) is 0 Å². The van der Waals surface area contributed by atoms with E-state index < -0.39 is 0 Å². The summed E-state index contributed by atoms with van der Waals surface area (Å²) in [6.45, 7) is 5.09. The molecule has 84 valence electrons. The Hall–Kier alpha value is -0.570. The van der Waals surface area contributed by atoms with E-state index in [0.29, 0.717) is 12.5 Å². The average molecular weight is 201 g/mol. The lowest BCUT2D eigenvalue weighted by molar-refractivity contribution is -0.140. The largest absolute Gasteiger partial charge is 0.469 e. The van der Waals surface area contributed by atoms with Gasteiger partial charge in [0, 0.05) is 12.6 Å². The van der Waals surface area contributed by atoms with Crippen molar-refractivity contribution < 1.29 is 9.53 Å². The summed E-state index contributed by atoms with van der Waals surface area (Å²) in [5.74, 6) is -0.141. The van der Waals surface area contributed by atoms with Gasteiger partial charge < -0.3 is 10.1 Å². The van der Waals surface area contributed by atoms with Gasteiger partial charge in [-0.05, 0) is 13.3 Å². The molecule has 0 saturated heterocycles. The number of carbonyl (C=O) groups excluding carboxylic acids is 1. The molecule has 3 nitrogen and oxygen atoms in total. The monoisotopic (exact) mass is 201 g/mol. The quantitative estimate of drug-likeness (QED) is 0.483. The number of carbonyl (C=O) groups is 1. The molecule has 14 heavy (non-hydrogen) atoms. The molecular formula is C11H23NO2. The van der Waals surface area contributed by atoms with Gasteiger partial charge in [-0.3, -0.25) is 4.79 Å². The molecule has 0 aromatic heterocycles. The normalized spacial score (nSPS) is 12.5. The van der Waals surface area contributed by atoms with Gasteiger partial charge in [0.15, 0.2) is 0 Å². The highest BCUT2D eigenvalue weighted by Crippen LogP contribution is 2.02. The van der Waals surface area contributed by atoms with E-state index in [9.17, 15) is 4.79 Å². The first-order chi connectivity index (χ1) is 6.70. The second kappa shape index (κ2) is 9.00. The summed E-state index contributed by atoms with van der Waals surface area (Å²) in [4.78, 5) is 10.8. The van der Waals surface area contributed by atoms with Crippen LogP contribution in [0.1, 0.15) is 46.0 Å². The molecule has 0 aromatic rings. The maximum absolute atomic E-state index is 10.8. The molecule has 0 spiro atoms. The van der Waals surface area contributed by atoms with E-state index in [4.69, 9.17) is 0 Å². The van der Waals surface area contributed by atoms with Crippen molar-refractivity contribution in [1.29, 1.82) is 0 Å². The van der Waals surface area contributed by atoms with E-state index in [-0.39, 0.29) is 5.97 Å². The Morgan fingerprint density at radius 1 is 1.43 bits per heavy atom. The maximum atomic E-state index is 10.8. The third-order valence-corrected chi connectivity index (χ3v) is 2.29. The highest BCUT2D eigenvalue weighted by molar-refractivity contribution is 5.69. The third kappa shape index (κ3) is 8.05. The number of hydrogen-bond donors (Lipinski definition) is 1. The second-order valence-electron chi connectivity index (χ2n) is 3.68. The number of unbranched alkanes of at least 4 members (excludes halogenated alkanes) is 2. The molecule has 0 heterocycles. The molecule has 0 radical (unpaired) electrons. The van der Waals surface area contributed by atoms with Crippen molar-refractivity contribution in [3.63, 3.8) is 0 Å². The standard InChI is InChI=1S/C11H23NO2/c1-4-5-6-7-10(2)12-9-8-11(13)14-3/h10,12H,4-9H2,1-3H3. The number of nitrogens with one attached hydrogen (secondary N) is 1. The Labute approximate surface area is 87.2 Å². The van der Waals surface area contributed by atoms with Crippen molar-refractivity contribution in [3.05, 3.63) is 0 Å². The van der Waals surface area contributed by atoms with Crippen LogP contribution in [0.4, 0.5) is 0 Å². The molecular weight excluding hydrogens is 178 g/mol. The molecule has 1 unspecified atom stereocenters. The summed E-state index contributed by atoms with van der Waals surface area (Å²) in [6.07, 6.45) is 5.48. The van der Waals surface area contributed by atoms with Crippen LogP contribution >= 0.6 is 0 Å². The Bertz CT molecular complexity index is 148. The van der Waals surface area contributed by atoms with Crippen LogP contribution in [0.15, 0.2) is 0 Å². The first-order valence-electron chi connectivity index (χ1n) is 5.50. The van der Waals surface area contributed by atoms with Crippen LogP contribution in [0.5, 0.6) is 0 Å². The first kappa shape index (κ1) is 13.4. The van der Waals surface area contributed by atoms with Gasteiger partial charge in [0.1, 0.15) is 0 Å². The molecule has 0 rings (SSSR count). The van der Waals surface area contributed by atoms with E-state index in [1.807, 2.05) is 0 Å². The zero-order valence-corrected chi connectivity index (χ0v) is 9.64. The van der Waals surface area contributed by atoms with Crippen LogP contribution < -0.4 is 5.32 Å². The van der Waals surface area contributed by atoms with Crippen LogP contribution in [-0.2, 0) is 9.53 Å². The van der Waals surface area contributed by atoms with Crippen molar-refractivity contribution in [2.24, 2.45) is 0 Å². The van der Waals surface area contributed by atoms with E-state index in [0.717, 1.165) is 6.54 Å². The molecule has 1 atom stereocenters. The molecule has 0 amide bonds. The lowest BCUT2D eigenvalue weighted by atomic mass is 10.1. The van der Waals surface area contributed by atoms with Crippen molar-refractivity contribution in [2.45, 2.75) is 52.0 Å². The fourth-order valence-corrected chi connectivity index (χ4v) is 1.33. The Balaban J connectivity index is 3.26. The highest BCUT2D eigenvalue weighted by atomic mass is 16.5. The minimum absolute atomic E-state index is 0.141. The minimum atomic E-state index is -0.141. The average Bonchev–Trinajstić information content (AvgIpc) is 2.18. The van der Waals surface area contributed by atoms with Gasteiger partial charge in [-0.1, -0.05) is 26.2 Å². The maximum Gasteiger partial charge on any atom is 0.306 e. The summed E-state index contributed by atoms with van der Waals surface area (Å²) in [5, 5.41) is 3.31. The van der Waals surface area contributed by atoms with Crippen molar-refractivity contribution >= 4 is 5.97 Å². The third-order valence-electron chi connectivity index (χ3n) is 2.29. The van der Waals surface area contributed by atoms with E-state index in [1.54, 1.807) is 0 Å². The zero-order chi connectivity index (χ0) is 10.8. The van der Waals surface area contributed by atoms with Gasteiger partial charge >= 0.3 is 5.97 Å². The number of hydrogen-bond acceptors (Lipinski definition) is 3. The van der Waals surface area contributed by atoms with E-state index in [2.05, 4.69) is 23.9 Å². The Morgan fingerprint density at radius 3 is 2.71 bits per heavy atom. The van der Waals surface area contributed by atoms with Gasteiger partial charge in [-0.25, -0.2) is 0 Å². The smallest absolute Gasteiger partial charge is 0.306 e. The number of ether oxygens (including phenoxy) is 1. The summed E-state index contributed by atoms with van der Waals surface area (Å²) < 4.78 is 4.55. The van der Waals surface area contributed by atoms with Crippen molar-refractivity contribution in [2.75, 3.05) is 13.7 Å². The number of esters is 1. The van der Waals surface area contributed by atoms with E-state index >= 15 is 0 Å². The van der Waals surface area contributed by atoms with Gasteiger partial charge in [0.2, 0.25) is 0 Å². The lowest BCUT2D eigenvalue weighted by Gasteiger charge is -2.12. The van der Waals surface area contributed by atoms with Crippen LogP contribution in [0, 0.1) is 0 Å². The predicted molar refractivity (Wildman–Crippen MR) is 58.2 cm³/mol. The van der Waals surface area contributed by atoms with Crippen molar-refractivity contribution in [1.82, 2.24) is 5.32 Å². The molecule has 3 heteroatoms. The molecule has 0 aliphatic rings. The second-order valence-corrected chi connectivity index (χ2v) is 3.68.